The zero-order valence-corrected chi connectivity index (χ0v) is 13.7. The molecule has 0 fully saturated rings. The van der Waals surface area contributed by atoms with E-state index in [1.165, 1.54) is 6.21 Å². The van der Waals surface area contributed by atoms with Gasteiger partial charge in [0.05, 0.1) is 12.6 Å². The Balaban J connectivity index is 1.98. The Labute approximate surface area is 141 Å². The van der Waals surface area contributed by atoms with Gasteiger partial charge in [-0.2, -0.15) is 10.4 Å². The molecule has 0 aliphatic heterocycles. The molecule has 5 heteroatoms. The van der Waals surface area contributed by atoms with Gasteiger partial charge in [-0.15, -0.1) is 0 Å². The van der Waals surface area contributed by atoms with E-state index in [9.17, 15) is 4.79 Å². The maximum absolute atomic E-state index is 12.0. The second-order valence-corrected chi connectivity index (χ2v) is 5.38. The average Bonchev–Trinajstić information content (AvgIpc) is 2.57. The molecule has 0 heterocycles. The van der Waals surface area contributed by atoms with Crippen molar-refractivity contribution in [3.05, 3.63) is 64.7 Å². The number of nitrogens with one attached hydrogen (secondary N) is 1. The van der Waals surface area contributed by atoms with Crippen molar-refractivity contribution in [1.29, 1.82) is 5.26 Å². The van der Waals surface area contributed by atoms with Crippen LogP contribution in [0.25, 0.3) is 0 Å². The molecule has 5 nitrogen and oxygen atoms in total. The van der Waals surface area contributed by atoms with Crippen LogP contribution in [0.1, 0.15) is 22.3 Å². The van der Waals surface area contributed by atoms with Gasteiger partial charge in [-0.05, 0) is 37.1 Å². The Kier molecular flexibility index (Phi) is 6.09. The molecule has 2 rings (SSSR count). The van der Waals surface area contributed by atoms with Crippen LogP contribution in [0.15, 0.2) is 47.6 Å². The summed E-state index contributed by atoms with van der Waals surface area (Å²) < 4.78 is 5.30. The summed E-state index contributed by atoms with van der Waals surface area (Å²) in [6.45, 7) is 3.94. The van der Waals surface area contributed by atoms with E-state index in [4.69, 9.17) is 10.00 Å². The first-order valence-electron chi connectivity index (χ1n) is 7.57. The molecule has 0 atom stereocenters. The topological polar surface area (TPSA) is 74.5 Å². The summed E-state index contributed by atoms with van der Waals surface area (Å²) in [5.41, 5.74) is 6.40. The molecule has 0 radical (unpaired) electrons. The Bertz CT molecular complexity index is 791. The number of carbonyl (C=O) groups is 1. The molecule has 122 valence electrons. The molecule has 0 saturated carbocycles. The lowest BCUT2D eigenvalue weighted by molar-refractivity contribution is -0.120. The van der Waals surface area contributed by atoms with Crippen molar-refractivity contribution in [3.8, 4) is 11.8 Å². The molecule has 24 heavy (non-hydrogen) atoms. The van der Waals surface area contributed by atoms with Crippen LogP contribution < -0.4 is 10.2 Å². The Hall–Kier alpha value is -3.13. The standard InChI is InChI=1S/C19H19N3O2/c1-14-7-8-15(2)17(11-14)12-19(23)22-21-13-16-5-3-4-6-18(16)24-10-9-20/h3-8,11,13H,10,12H2,1-2H3,(H,22,23)/b21-13+. The highest BCUT2D eigenvalue weighted by atomic mass is 16.5. The molecule has 0 aliphatic rings. The number of ether oxygens (including phenoxy) is 1. The van der Waals surface area contributed by atoms with Gasteiger partial charge in [0, 0.05) is 5.56 Å². The van der Waals surface area contributed by atoms with Gasteiger partial charge in [-0.25, -0.2) is 5.43 Å². The first kappa shape index (κ1) is 17.2. The third-order valence-electron chi connectivity index (χ3n) is 3.46. The van der Waals surface area contributed by atoms with Gasteiger partial charge in [-0.1, -0.05) is 35.9 Å². The molecule has 0 saturated heterocycles. The number of hydrazone groups is 1. The van der Waals surface area contributed by atoms with Gasteiger partial charge in [0.1, 0.15) is 11.8 Å². The number of nitriles is 1. The number of carbonyl (C=O) groups excluding carboxylic acids is 1. The molecule has 0 spiro atoms. The summed E-state index contributed by atoms with van der Waals surface area (Å²) in [5.74, 6) is 0.363. The number of rotatable bonds is 6. The fourth-order valence-electron chi connectivity index (χ4n) is 2.21. The van der Waals surface area contributed by atoms with Crippen LogP contribution in [0, 0.1) is 25.2 Å². The van der Waals surface area contributed by atoms with Crippen molar-refractivity contribution >= 4 is 12.1 Å². The number of amides is 1. The minimum Gasteiger partial charge on any atom is -0.478 e. The van der Waals surface area contributed by atoms with Crippen LogP contribution in [-0.4, -0.2) is 18.7 Å². The lowest BCUT2D eigenvalue weighted by atomic mass is 10.0. The van der Waals surface area contributed by atoms with E-state index in [0.717, 1.165) is 16.7 Å². The molecule has 2 aromatic carbocycles. The number of hydrogen-bond acceptors (Lipinski definition) is 4. The number of aryl methyl sites for hydroxylation is 2. The van der Waals surface area contributed by atoms with Gasteiger partial charge in [0.15, 0.2) is 6.61 Å². The summed E-state index contributed by atoms with van der Waals surface area (Å²) in [6, 6.07) is 15.1. The molecule has 1 N–H and O–H groups in total. The van der Waals surface area contributed by atoms with E-state index in [0.29, 0.717) is 11.3 Å². The monoisotopic (exact) mass is 321 g/mol. The molecule has 0 aromatic heterocycles. The van der Waals surface area contributed by atoms with E-state index < -0.39 is 0 Å². The predicted molar refractivity (Wildman–Crippen MR) is 92.9 cm³/mol. The van der Waals surface area contributed by atoms with Crippen molar-refractivity contribution < 1.29 is 9.53 Å². The highest BCUT2D eigenvalue weighted by molar-refractivity contribution is 5.85. The fourth-order valence-corrected chi connectivity index (χ4v) is 2.21. The number of nitrogens with zero attached hydrogens (tertiary/aromatic N) is 2. The Morgan fingerprint density at radius 3 is 2.88 bits per heavy atom. The van der Waals surface area contributed by atoms with Crippen LogP contribution in [0.3, 0.4) is 0 Å². The average molecular weight is 321 g/mol. The van der Waals surface area contributed by atoms with Crippen LogP contribution >= 0.6 is 0 Å². The Morgan fingerprint density at radius 2 is 2.08 bits per heavy atom. The van der Waals surface area contributed by atoms with Crippen molar-refractivity contribution in [2.75, 3.05) is 6.61 Å². The predicted octanol–water partition coefficient (Wildman–Crippen LogP) is 2.90. The summed E-state index contributed by atoms with van der Waals surface area (Å²) in [5, 5.41) is 12.6. The van der Waals surface area contributed by atoms with Gasteiger partial charge in [0.2, 0.25) is 5.91 Å². The second-order valence-electron chi connectivity index (χ2n) is 5.38. The minimum atomic E-state index is -0.185. The number of para-hydroxylation sites is 1. The van der Waals surface area contributed by atoms with Crippen molar-refractivity contribution in [2.24, 2.45) is 5.10 Å². The number of hydrogen-bond donors (Lipinski definition) is 1. The van der Waals surface area contributed by atoms with Gasteiger partial charge < -0.3 is 4.74 Å². The highest BCUT2D eigenvalue weighted by Crippen LogP contribution is 2.15. The molecule has 0 unspecified atom stereocenters. The molecule has 0 bridgehead atoms. The maximum Gasteiger partial charge on any atom is 0.244 e. The zero-order chi connectivity index (χ0) is 17.4. The molecule has 2 aromatic rings. The molecular weight excluding hydrogens is 302 g/mol. The van der Waals surface area contributed by atoms with Crippen molar-refractivity contribution in [2.45, 2.75) is 20.3 Å². The van der Waals surface area contributed by atoms with Crippen molar-refractivity contribution in [1.82, 2.24) is 5.43 Å². The van der Waals surface area contributed by atoms with Gasteiger partial charge >= 0.3 is 0 Å². The smallest absolute Gasteiger partial charge is 0.244 e. The van der Waals surface area contributed by atoms with E-state index in [1.54, 1.807) is 12.1 Å². The SMILES string of the molecule is Cc1ccc(C)c(CC(=O)N/N=C/c2ccccc2OCC#N)c1. The summed E-state index contributed by atoms with van der Waals surface area (Å²) in [6.07, 6.45) is 1.78. The quantitative estimate of drug-likeness (QED) is 0.656. The third-order valence-corrected chi connectivity index (χ3v) is 3.46. The van der Waals surface area contributed by atoms with Crippen LogP contribution in [-0.2, 0) is 11.2 Å². The first-order chi connectivity index (χ1) is 11.6. The summed E-state index contributed by atoms with van der Waals surface area (Å²) in [4.78, 5) is 12.0. The first-order valence-corrected chi connectivity index (χ1v) is 7.57. The van der Waals surface area contributed by atoms with E-state index >= 15 is 0 Å². The Morgan fingerprint density at radius 1 is 1.29 bits per heavy atom. The lowest BCUT2D eigenvalue weighted by Crippen LogP contribution is -2.20. The summed E-state index contributed by atoms with van der Waals surface area (Å²) in [7, 11) is 0. The molecule has 0 aliphatic carbocycles. The maximum atomic E-state index is 12.0. The lowest BCUT2D eigenvalue weighted by Gasteiger charge is -2.06. The molecule has 1 amide bonds. The zero-order valence-electron chi connectivity index (χ0n) is 13.7. The van der Waals surface area contributed by atoms with Crippen LogP contribution in [0.4, 0.5) is 0 Å². The van der Waals surface area contributed by atoms with E-state index in [2.05, 4.69) is 10.5 Å². The second kappa shape index (κ2) is 8.49. The van der Waals surface area contributed by atoms with Crippen LogP contribution in [0.5, 0.6) is 5.75 Å². The normalized spacial score (nSPS) is 10.4. The van der Waals surface area contributed by atoms with Gasteiger partial charge in [0.25, 0.3) is 0 Å². The molecular formula is C19H19N3O2. The minimum absolute atomic E-state index is 0.0378. The van der Waals surface area contributed by atoms with Crippen molar-refractivity contribution in [3.63, 3.8) is 0 Å². The van der Waals surface area contributed by atoms with E-state index in [-0.39, 0.29) is 18.9 Å². The summed E-state index contributed by atoms with van der Waals surface area (Å²) >= 11 is 0. The fraction of sp³-hybridized carbons (Fsp3) is 0.211. The van der Waals surface area contributed by atoms with Gasteiger partial charge in [-0.3, -0.25) is 4.79 Å². The highest BCUT2D eigenvalue weighted by Gasteiger charge is 2.06. The number of benzene rings is 2. The van der Waals surface area contributed by atoms with E-state index in [1.807, 2.05) is 50.2 Å². The van der Waals surface area contributed by atoms with Crippen LogP contribution in [0.2, 0.25) is 0 Å². The third kappa shape index (κ3) is 4.96. The largest absolute Gasteiger partial charge is 0.478 e.